The molecule has 3 aromatic rings. The fourth-order valence-electron chi connectivity index (χ4n) is 3.56. The van der Waals surface area contributed by atoms with Crippen molar-refractivity contribution in [1.82, 2.24) is 9.97 Å². The van der Waals surface area contributed by atoms with Crippen molar-refractivity contribution >= 4 is 22.6 Å². The molecule has 3 N–H and O–H groups in total. The van der Waals surface area contributed by atoms with Gasteiger partial charge in [0.15, 0.2) is 0 Å². The summed E-state index contributed by atoms with van der Waals surface area (Å²) in [6.45, 7) is 1.03. The molecule has 0 aliphatic carbocycles. The number of anilines is 1. The van der Waals surface area contributed by atoms with Crippen molar-refractivity contribution in [3.63, 3.8) is 0 Å². The number of aliphatic hydroxyl groups is 1. The van der Waals surface area contributed by atoms with Crippen molar-refractivity contribution in [3.8, 4) is 0 Å². The van der Waals surface area contributed by atoms with Crippen LogP contribution in [0, 0.1) is 5.92 Å². The van der Waals surface area contributed by atoms with Gasteiger partial charge in [-0.1, -0.05) is 24.3 Å². The molecule has 0 radical (unpaired) electrons. The number of pyridine rings is 2. The number of carbonyl (C=O) groups excluding carboxylic acids is 1. The highest BCUT2D eigenvalue weighted by Crippen LogP contribution is 2.27. The maximum Gasteiger partial charge on any atom is 0.252 e. The van der Waals surface area contributed by atoms with E-state index in [4.69, 9.17) is 10.7 Å². The van der Waals surface area contributed by atoms with E-state index < -0.39 is 12.0 Å². The third-order valence-corrected chi connectivity index (χ3v) is 4.89. The predicted molar refractivity (Wildman–Crippen MR) is 99.9 cm³/mol. The van der Waals surface area contributed by atoms with Crippen molar-refractivity contribution in [1.29, 1.82) is 0 Å². The Morgan fingerprint density at radius 1 is 1.15 bits per heavy atom. The second-order valence-corrected chi connectivity index (χ2v) is 6.67. The molecule has 1 amide bonds. The fraction of sp³-hybridized carbons (Fsp3) is 0.250. The summed E-state index contributed by atoms with van der Waals surface area (Å²) in [5, 5.41) is 11.6. The van der Waals surface area contributed by atoms with Crippen LogP contribution in [0.25, 0.3) is 10.9 Å². The minimum Gasteiger partial charge on any atom is -0.391 e. The van der Waals surface area contributed by atoms with Gasteiger partial charge < -0.3 is 15.7 Å². The molecule has 132 valence electrons. The highest BCUT2D eigenvalue weighted by molar-refractivity contribution is 5.97. The Balaban J connectivity index is 1.54. The smallest absolute Gasteiger partial charge is 0.252 e. The van der Waals surface area contributed by atoms with Crippen LogP contribution in [0.3, 0.4) is 0 Å². The SMILES string of the molecule is NC(=O)c1cccnc1N1C[C@@H](Cc2ccc3ccccc3n2)[C@H](O)C1. The van der Waals surface area contributed by atoms with Crippen LogP contribution in [-0.4, -0.2) is 40.2 Å². The Morgan fingerprint density at radius 3 is 2.85 bits per heavy atom. The van der Waals surface area contributed by atoms with Crippen LogP contribution in [0.15, 0.2) is 54.7 Å². The quantitative estimate of drug-likeness (QED) is 0.750. The topological polar surface area (TPSA) is 92.3 Å². The highest BCUT2D eigenvalue weighted by atomic mass is 16.3. The van der Waals surface area contributed by atoms with E-state index in [-0.39, 0.29) is 5.92 Å². The zero-order valence-corrected chi connectivity index (χ0v) is 14.2. The maximum absolute atomic E-state index is 11.6. The number of primary amides is 1. The number of hydrogen-bond acceptors (Lipinski definition) is 5. The molecule has 2 atom stereocenters. The number of β-amino-alcohol motifs (C(OH)–C–C–N with tert-alkyl or cyclic N) is 1. The first-order valence-electron chi connectivity index (χ1n) is 8.64. The molecule has 26 heavy (non-hydrogen) atoms. The van der Waals surface area contributed by atoms with E-state index in [2.05, 4.69) is 11.1 Å². The van der Waals surface area contributed by atoms with Crippen LogP contribution in [0.4, 0.5) is 5.82 Å². The number of fused-ring (bicyclic) bond motifs is 1. The molecule has 6 heteroatoms. The Kier molecular flexibility index (Phi) is 4.26. The Labute approximate surface area is 151 Å². The molecular formula is C20H20N4O2. The van der Waals surface area contributed by atoms with Crippen LogP contribution >= 0.6 is 0 Å². The lowest BCUT2D eigenvalue weighted by Gasteiger charge is -2.19. The van der Waals surface area contributed by atoms with E-state index in [0.29, 0.717) is 30.9 Å². The first-order valence-corrected chi connectivity index (χ1v) is 8.64. The standard InChI is InChI=1S/C20H20N4O2/c21-19(26)16-5-3-9-22-20(16)24-11-14(18(25)12-24)10-15-8-7-13-4-1-2-6-17(13)23-15/h1-9,14,18,25H,10-12H2,(H2,21,26)/t14-,18-/m1/s1. The van der Waals surface area contributed by atoms with E-state index in [1.165, 1.54) is 0 Å². The first kappa shape index (κ1) is 16.5. The molecule has 0 saturated carbocycles. The van der Waals surface area contributed by atoms with Crippen LogP contribution in [-0.2, 0) is 6.42 Å². The molecule has 1 aromatic carbocycles. The van der Waals surface area contributed by atoms with Crippen molar-refractivity contribution in [2.45, 2.75) is 12.5 Å². The van der Waals surface area contributed by atoms with Gasteiger partial charge in [-0.3, -0.25) is 9.78 Å². The number of aromatic nitrogens is 2. The molecule has 1 saturated heterocycles. The summed E-state index contributed by atoms with van der Waals surface area (Å²) in [5.41, 5.74) is 7.73. The highest BCUT2D eigenvalue weighted by Gasteiger charge is 2.33. The largest absolute Gasteiger partial charge is 0.391 e. The molecule has 0 bridgehead atoms. The number of rotatable bonds is 4. The third kappa shape index (κ3) is 3.11. The summed E-state index contributed by atoms with van der Waals surface area (Å²) in [4.78, 5) is 22.6. The zero-order chi connectivity index (χ0) is 18.1. The number of aliphatic hydroxyl groups excluding tert-OH is 1. The number of amides is 1. The average Bonchev–Trinajstić information content (AvgIpc) is 3.02. The number of benzene rings is 1. The van der Waals surface area contributed by atoms with Crippen molar-refractivity contribution in [2.75, 3.05) is 18.0 Å². The van der Waals surface area contributed by atoms with Gasteiger partial charge in [0, 0.05) is 36.3 Å². The van der Waals surface area contributed by atoms with Crippen LogP contribution in [0.5, 0.6) is 0 Å². The van der Waals surface area contributed by atoms with Gasteiger partial charge in [-0.05, 0) is 30.7 Å². The maximum atomic E-state index is 11.6. The lowest BCUT2D eigenvalue weighted by Crippen LogP contribution is -2.26. The third-order valence-electron chi connectivity index (χ3n) is 4.89. The van der Waals surface area contributed by atoms with Crippen molar-refractivity contribution < 1.29 is 9.90 Å². The fourth-order valence-corrected chi connectivity index (χ4v) is 3.56. The van der Waals surface area contributed by atoms with E-state index in [1.54, 1.807) is 18.3 Å². The molecule has 6 nitrogen and oxygen atoms in total. The second-order valence-electron chi connectivity index (χ2n) is 6.67. The number of nitrogens with zero attached hydrogens (tertiary/aromatic N) is 3. The summed E-state index contributed by atoms with van der Waals surface area (Å²) >= 11 is 0. The average molecular weight is 348 g/mol. The molecule has 0 spiro atoms. The van der Waals surface area contributed by atoms with E-state index in [0.717, 1.165) is 16.6 Å². The number of carbonyl (C=O) groups is 1. The van der Waals surface area contributed by atoms with Gasteiger partial charge >= 0.3 is 0 Å². The molecule has 0 unspecified atom stereocenters. The van der Waals surface area contributed by atoms with Gasteiger partial charge in [0.1, 0.15) is 5.82 Å². The number of hydrogen-bond donors (Lipinski definition) is 2. The molecular weight excluding hydrogens is 328 g/mol. The van der Waals surface area contributed by atoms with E-state index in [9.17, 15) is 9.90 Å². The van der Waals surface area contributed by atoms with Crippen LogP contribution in [0.1, 0.15) is 16.1 Å². The monoisotopic (exact) mass is 348 g/mol. The molecule has 2 aromatic heterocycles. The van der Waals surface area contributed by atoms with E-state index >= 15 is 0 Å². The van der Waals surface area contributed by atoms with Crippen LogP contribution in [0.2, 0.25) is 0 Å². The second kappa shape index (κ2) is 6.72. The molecule has 1 aliphatic rings. The summed E-state index contributed by atoms with van der Waals surface area (Å²) in [6, 6.07) is 15.4. The number of para-hydroxylation sites is 1. The van der Waals surface area contributed by atoms with Gasteiger partial charge in [-0.15, -0.1) is 0 Å². The predicted octanol–water partition coefficient (Wildman–Crippen LogP) is 1.77. The van der Waals surface area contributed by atoms with Crippen molar-refractivity contribution in [3.05, 3.63) is 66.0 Å². The Morgan fingerprint density at radius 2 is 2.00 bits per heavy atom. The van der Waals surface area contributed by atoms with Gasteiger partial charge in [0.2, 0.25) is 0 Å². The number of nitrogens with two attached hydrogens (primary N) is 1. The summed E-state index contributed by atoms with van der Waals surface area (Å²) in [6.07, 6.45) is 1.79. The molecule has 1 aliphatic heterocycles. The first-order chi connectivity index (χ1) is 12.6. The minimum atomic E-state index is -0.512. The zero-order valence-electron chi connectivity index (χ0n) is 14.2. The lowest BCUT2D eigenvalue weighted by molar-refractivity contribution is 0.100. The van der Waals surface area contributed by atoms with Gasteiger partial charge in [-0.25, -0.2) is 4.98 Å². The Hall–Kier alpha value is -2.99. The van der Waals surface area contributed by atoms with Crippen LogP contribution < -0.4 is 10.6 Å². The normalized spacial score (nSPS) is 19.8. The van der Waals surface area contributed by atoms with E-state index in [1.807, 2.05) is 35.2 Å². The summed E-state index contributed by atoms with van der Waals surface area (Å²) in [7, 11) is 0. The van der Waals surface area contributed by atoms with Gasteiger partial charge in [0.05, 0.1) is 17.2 Å². The minimum absolute atomic E-state index is 0.0198. The summed E-state index contributed by atoms with van der Waals surface area (Å²) < 4.78 is 0. The van der Waals surface area contributed by atoms with Crippen molar-refractivity contribution in [2.24, 2.45) is 11.7 Å². The van der Waals surface area contributed by atoms with Gasteiger partial charge in [0.25, 0.3) is 5.91 Å². The summed E-state index contributed by atoms with van der Waals surface area (Å²) in [5.74, 6) is 0.0432. The Bertz CT molecular complexity index is 959. The lowest BCUT2D eigenvalue weighted by atomic mass is 9.99. The molecule has 1 fully saturated rings. The van der Waals surface area contributed by atoms with Gasteiger partial charge in [-0.2, -0.15) is 0 Å². The molecule has 4 rings (SSSR count). The molecule has 3 heterocycles.